The van der Waals surface area contributed by atoms with Gasteiger partial charge in [-0.25, -0.2) is 23.2 Å². The van der Waals surface area contributed by atoms with Crippen molar-refractivity contribution in [3.63, 3.8) is 0 Å². The summed E-state index contributed by atoms with van der Waals surface area (Å²) in [5.41, 5.74) is 4.27. The van der Waals surface area contributed by atoms with Gasteiger partial charge < -0.3 is 24.5 Å². The topological polar surface area (TPSA) is 144 Å². The molecule has 212 valence electrons. The molecule has 14 heteroatoms. The average molecular weight is 569 g/mol. The largest absolute Gasteiger partial charge is 0.459 e. The number of aldehydes is 1. The Morgan fingerprint density at radius 3 is 2.64 bits per heavy atom. The Bertz CT molecular complexity index is 1370. The molecule has 2 heterocycles. The minimum absolute atomic E-state index is 0.226. The van der Waals surface area contributed by atoms with Gasteiger partial charge in [0.15, 0.2) is 17.9 Å². The van der Waals surface area contributed by atoms with E-state index in [0.29, 0.717) is 23.2 Å². The molecule has 3 N–H and O–H groups in total. The zero-order valence-electron chi connectivity index (χ0n) is 21.7. The van der Waals surface area contributed by atoms with E-state index in [9.17, 15) is 22.9 Å². The Kier molecular flexibility index (Phi) is 10.7. The molecule has 39 heavy (non-hydrogen) atoms. The number of nitrogens with two attached hydrogens (primary N) is 1. The van der Waals surface area contributed by atoms with E-state index >= 15 is 0 Å². The summed E-state index contributed by atoms with van der Waals surface area (Å²) in [6.07, 6.45) is -2.76. The van der Waals surface area contributed by atoms with Crippen LogP contribution in [0.5, 0.6) is 5.75 Å². The van der Waals surface area contributed by atoms with E-state index < -0.39 is 50.2 Å². The fraction of sp³-hybridized carbons (Fsp3) is 0.400. The van der Waals surface area contributed by atoms with Crippen molar-refractivity contribution in [2.75, 3.05) is 26.0 Å². The van der Waals surface area contributed by atoms with Crippen molar-refractivity contribution >= 4 is 30.6 Å². The highest BCUT2D eigenvalue weighted by molar-refractivity contribution is 7.52. The lowest BCUT2D eigenvalue weighted by molar-refractivity contribution is -0.107. The van der Waals surface area contributed by atoms with E-state index in [1.165, 1.54) is 0 Å². The number of fused-ring (bicyclic) bond motifs is 1. The maximum atomic E-state index is 14.6. The normalized spacial score (nSPS) is 20.3. The molecule has 3 aromatic rings. The number of hydrogen-bond donors (Lipinski definition) is 2. The van der Waals surface area contributed by atoms with Gasteiger partial charge in [0.05, 0.1) is 31.6 Å². The van der Waals surface area contributed by atoms with E-state index in [1.54, 1.807) is 25.3 Å². The molecule has 0 saturated carbocycles. The summed E-state index contributed by atoms with van der Waals surface area (Å²) >= 11 is 0. The van der Waals surface area contributed by atoms with E-state index in [2.05, 4.69) is 10.1 Å². The molecule has 4 atom stereocenters. The van der Waals surface area contributed by atoms with Gasteiger partial charge in [0, 0.05) is 13.5 Å². The number of ether oxygens (including phenoxy) is 2. The van der Waals surface area contributed by atoms with Crippen molar-refractivity contribution in [3.8, 4) is 5.75 Å². The monoisotopic (exact) mass is 568 g/mol. The maximum Gasteiger partial charge on any atom is 0.459 e. The fourth-order valence-electron chi connectivity index (χ4n) is 3.49. The highest BCUT2D eigenvalue weighted by Gasteiger charge is 2.39. The second-order valence-electron chi connectivity index (χ2n) is 8.77. The standard InChI is InChI=1S/C21H21F2N4O6P.C4H10O/c22-17-10-16(32-20(17)27-11-18(23)19(24)26-21(27)29)12-31-34(30,25-7-8-28)33-15-6-5-13-3-1-2-4-14(13)9-15;1-4(2)5-3/h1-6,8-9,11,16-17,20H,7,10,12H2,(H,25,30)(H2,24,26,29);4H,1-3H3. The van der Waals surface area contributed by atoms with Crippen molar-refractivity contribution < 1.29 is 36.7 Å². The number of rotatable bonds is 10. The lowest BCUT2D eigenvalue weighted by atomic mass is 10.1. The summed E-state index contributed by atoms with van der Waals surface area (Å²) < 4.78 is 63.4. The van der Waals surface area contributed by atoms with Crippen LogP contribution >= 0.6 is 7.75 Å². The Morgan fingerprint density at radius 2 is 1.97 bits per heavy atom. The third-order valence-corrected chi connectivity index (χ3v) is 7.06. The molecular formula is C25H31F2N4O7P. The number of benzene rings is 2. The van der Waals surface area contributed by atoms with Gasteiger partial charge in [-0.3, -0.25) is 9.09 Å². The van der Waals surface area contributed by atoms with Crippen LogP contribution in [0.2, 0.25) is 0 Å². The Hall–Kier alpha value is -3.22. The van der Waals surface area contributed by atoms with Crippen molar-refractivity contribution in [3.05, 3.63) is 65.0 Å². The van der Waals surface area contributed by atoms with Crippen molar-refractivity contribution in [1.29, 1.82) is 0 Å². The zero-order valence-corrected chi connectivity index (χ0v) is 22.6. The molecule has 0 spiro atoms. The molecule has 1 fully saturated rings. The summed E-state index contributed by atoms with van der Waals surface area (Å²) in [5.74, 6) is -1.38. The number of aromatic nitrogens is 2. The number of nitrogen functional groups attached to an aromatic ring is 1. The quantitative estimate of drug-likeness (QED) is 0.274. The third-order valence-electron chi connectivity index (χ3n) is 5.55. The van der Waals surface area contributed by atoms with Crippen LogP contribution in [0.3, 0.4) is 0 Å². The molecule has 1 aliphatic rings. The van der Waals surface area contributed by atoms with Gasteiger partial charge in [0.1, 0.15) is 18.2 Å². The summed E-state index contributed by atoms with van der Waals surface area (Å²) in [4.78, 5) is 26.1. The average Bonchev–Trinajstić information content (AvgIpc) is 3.29. The summed E-state index contributed by atoms with van der Waals surface area (Å²) in [5, 5.41) is 4.18. The van der Waals surface area contributed by atoms with Gasteiger partial charge in [0.25, 0.3) is 0 Å². The minimum Gasteiger partial charge on any atom is -0.413 e. The van der Waals surface area contributed by atoms with E-state index in [-0.39, 0.29) is 18.7 Å². The molecule has 4 rings (SSSR count). The second kappa shape index (κ2) is 13.7. The smallest absolute Gasteiger partial charge is 0.413 e. The molecule has 1 aliphatic heterocycles. The third kappa shape index (κ3) is 8.38. The van der Waals surface area contributed by atoms with Crippen LogP contribution in [0.15, 0.2) is 53.5 Å². The summed E-state index contributed by atoms with van der Waals surface area (Å²) in [6, 6.07) is 12.5. The number of nitrogens with one attached hydrogen (secondary N) is 1. The van der Waals surface area contributed by atoms with Crippen LogP contribution < -0.4 is 21.0 Å². The van der Waals surface area contributed by atoms with Crippen LogP contribution in [0.25, 0.3) is 10.8 Å². The number of alkyl halides is 1. The summed E-state index contributed by atoms with van der Waals surface area (Å²) in [7, 11) is -2.37. The first-order valence-corrected chi connectivity index (χ1v) is 13.6. The molecule has 2 aromatic carbocycles. The van der Waals surface area contributed by atoms with E-state index in [4.69, 9.17) is 24.3 Å². The molecule has 11 nitrogen and oxygen atoms in total. The molecule has 0 radical (unpaired) electrons. The van der Waals surface area contributed by atoms with Crippen LogP contribution in [-0.4, -0.2) is 54.5 Å². The lowest BCUT2D eigenvalue weighted by Crippen LogP contribution is -2.31. The molecular weight excluding hydrogens is 537 g/mol. The molecule has 4 unspecified atom stereocenters. The van der Waals surface area contributed by atoms with Gasteiger partial charge in [-0.2, -0.15) is 4.98 Å². The SMILES string of the molecule is COC(C)C.Nc1nc(=O)n(C2OC(COP(=O)(NCC=O)Oc3ccc4ccccc4c3)CC2F)cc1F. The molecule has 0 bridgehead atoms. The lowest BCUT2D eigenvalue weighted by Gasteiger charge is -2.21. The summed E-state index contributed by atoms with van der Waals surface area (Å²) in [6.45, 7) is 3.28. The van der Waals surface area contributed by atoms with Crippen LogP contribution in [0.1, 0.15) is 26.5 Å². The predicted octanol–water partition coefficient (Wildman–Crippen LogP) is 3.78. The Labute approximate surface area is 223 Å². The van der Waals surface area contributed by atoms with Gasteiger partial charge in [0.2, 0.25) is 0 Å². The number of nitrogens with zero attached hydrogens (tertiary/aromatic N) is 2. The van der Waals surface area contributed by atoms with Gasteiger partial charge >= 0.3 is 13.4 Å². The number of carbonyl (C=O) groups excluding carboxylic acids is 1. The first kappa shape index (κ1) is 30.3. The number of halogens is 2. The first-order valence-electron chi connectivity index (χ1n) is 12.0. The van der Waals surface area contributed by atoms with Gasteiger partial charge in [-0.05, 0) is 36.8 Å². The van der Waals surface area contributed by atoms with E-state index in [0.717, 1.165) is 10.8 Å². The van der Waals surface area contributed by atoms with Crippen LogP contribution in [0, 0.1) is 5.82 Å². The maximum absolute atomic E-state index is 14.6. The molecule has 1 aromatic heterocycles. The van der Waals surface area contributed by atoms with Crippen molar-refractivity contribution in [2.24, 2.45) is 0 Å². The number of anilines is 1. The molecule has 0 amide bonds. The van der Waals surface area contributed by atoms with E-state index in [1.807, 2.05) is 38.1 Å². The molecule has 0 aliphatic carbocycles. The number of carbonyl (C=O) groups is 1. The zero-order chi connectivity index (χ0) is 28.6. The van der Waals surface area contributed by atoms with Crippen LogP contribution in [-0.2, 0) is 23.4 Å². The van der Waals surface area contributed by atoms with Gasteiger partial charge in [-0.15, -0.1) is 0 Å². The van der Waals surface area contributed by atoms with Crippen LogP contribution in [0.4, 0.5) is 14.6 Å². The molecule has 1 saturated heterocycles. The van der Waals surface area contributed by atoms with Gasteiger partial charge in [-0.1, -0.05) is 30.3 Å². The number of methoxy groups -OCH3 is 1. The highest BCUT2D eigenvalue weighted by atomic mass is 31.2. The minimum atomic E-state index is -4.06. The number of hydrogen-bond acceptors (Lipinski definition) is 9. The highest BCUT2D eigenvalue weighted by Crippen LogP contribution is 2.45. The van der Waals surface area contributed by atoms with Crippen molar-refractivity contribution in [2.45, 2.75) is 44.9 Å². The fourth-order valence-corrected chi connectivity index (χ4v) is 4.75. The second-order valence-corrected chi connectivity index (χ2v) is 10.5. The Balaban J connectivity index is 0.000000771. The predicted molar refractivity (Wildman–Crippen MR) is 141 cm³/mol. The Morgan fingerprint density at radius 1 is 1.28 bits per heavy atom. The first-order chi connectivity index (χ1) is 18.5. The van der Waals surface area contributed by atoms with Crippen molar-refractivity contribution in [1.82, 2.24) is 14.6 Å².